The number of aromatic nitrogens is 2. The van der Waals surface area contributed by atoms with Crippen LogP contribution < -0.4 is 4.90 Å². The number of carbonyl (C=O) groups is 1. The molecule has 0 aliphatic carbocycles. The highest BCUT2D eigenvalue weighted by Crippen LogP contribution is 2.15. The standard InChI is InChI=1S/C18H20N4O/c1-15(16-6-3-2-4-7-16)14-17(23)21-10-12-22(13-11-21)18-19-8-5-9-20-18/h2-9,14H,10-13H2,1H3/b15-14+. The third-order valence-electron chi connectivity index (χ3n) is 4.00. The average molecular weight is 308 g/mol. The molecule has 23 heavy (non-hydrogen) atoms. The first-order chi connectivity index (χ1) is 11.2. The molecule has 2 heterocycles. The number of hydrogen-bond acceptors (Lipinski definition) is 4. The Morgan fingerprint density at radius 1 is 1.00 bits per heavy atom. The summed E-state index contributed by atoms with van der Waals surface area (Å²) < 4.78 is 0. The maximum atomic E-state index is 12.4. The van der Waals surface area contributed by atoms with Gasteiger partial charge in [-0.25, -0.2) is 9.97 Å². The van der Waals surface area contributed by atoms with E-state index in [-0.39, 0.29) is 5.91 Å². The molecular formula is C18H20N4O. The summed E-state index contributed by atoms with van der Waals surface area (Å²) in [4.78, 5) is 24.9. The molecule has 1 fully saturated rings. The molecule has 0 N–H and O–H groups in total. The van der Waals surface area contributed by atoms with Gasteiger partial charge < -0.3 is 9.80 Å². The lowest BCUT2D eigenvalue weighted by Gasteiger charge is -2.34. The number of rotatable bonds is 3. The van der Waals surface area contributed by atoms with Gasteiger partial charge in [0.25, 0.3) is 0 Å². The van der Waals surface area contributed by atoms with Crippen molar-refractivity contribution in [3.63, 3.8) is 0 Å². The van der Waals surface area contributed by atoms with Gasteiger partial charge >= 0.3 is 0 Å². The fourth-order valence-electron chi connectivity index (χ4n) is 2.64. The SMILES string of the molecule is C/C(=C\C(=O)N1CCN(c2ncccn2)CC1)c1ccccc1. The monoisotopic (exact) mass is 308 g/mol. The van der Waals surface area contributed by atoms with Crippen molar-refractivity contribution in [1.82, 2.24) is 14.9 Å². The summed E-state index contributed by atoms with van der Waals surface area (Å²) in [5, 5.41) is 0. The molecule has 1 aromatic heterocycles. The second-order valence-electron chi connectivity index (χ2n) is 5.55. The van der Waals surface area contributed by atoms with Gasteiger partial charge in [0.05, 0.1) is 0 Å². The van der Waals surface area contributed by atoms with Crippen LogP contribution in [-0.4, -0.2) is 47.0 Å². The first kappa shape index (κ1) is 15.2. The lowest BCUT2D eigenvalue weighted by Crippen LogP contribution is -2.48. The maximum Gasteiger partial charge on any atom is 0.246 e. The van der Waals surface area contributed by atoms with Crippen LogP contribution in [0, 0.1) is 0 Å². The van der Waals surface area contributed by atoms with Crippen molar-refractivity contribution in [2.24, 2.45) is 0 Å². The number of carbonyl (C=O) groups excluding carboxylic acids is 1. The number of nitrogens with zero attached hydrogens (tertiary/aromatic N) is 4. The Bertz CT molecular complexity index is 677. The van der Waals surface area contributed by atoms with E-state index in [2.05, 4.69) is 14.9 Å². The normalized spacial score (nSPS) is 15.6. The van der Waals surface area contributed by atoms with Crippen molar-refractivity contribution in [1.29, 1.82) is 0 Å². The Morgan fingerprint density at radius 3 is 2.30 bits per heavy atom. The van der Waals surface area contributed by atoms with Gasteiger partial charge in [-0.3, -0.25) is 4.79 Å². The lowest BCUT2D eigenvalue weighted by molar-refractivity contribution is -0.126. The number of amides is 1. The van der Waals surface area contributed by atoms with Crippen LogP contribution in [0.2, 0.25) is 0 Å². The second-order valence-corrected chi connectivity index (χ2v) is 5.55. The Kier molecular flexibility index (Phi) is 4.66. The highest BCUT2D eigenvalue weighted by atomic mass is 16.2. The smallest absolute Gasteiger partial charge is 0.246 e. The summed E-state index contributed by atoms with van der Waals surface area (Å²) in [6, 6.07) is 11.8. The van der Waals surface area contributed by atoms with Crippen molar-refractivity contribution < 1.29 is 4.79 Å². The number of allylic oxidation sites excluding steroid dienone is 1. The second kappa shape index (κ2) is 7.05. The number of benzene rings is 1. The van der Waals surface area contributed by atoms with E-state index in [9.17, 15) is 4.79 Å². The molecular weight excluding hydrogens is 288 g/mol. The molecule has 5 heteroatoms. The highest BCUT2D eigenvalue weighted by Gasteiger charge is 2.21. The molecule has 0 bridgehead atoms. The summed E-state index contributed by atoms with van der Waals surface area (Å²) in [5.41, 5.74) is 2.07. The summed E-state index contributed by atoms with van der Waals surface area (Å²) in [7, 11) is 0. The van der Waals surface area contributed by atoms with E-state index < -0.39 is 0 Å². The van der Waals surface area contributed by atoms with Crippen molar-refractivity contribution in [2.45, 2.75) is 6.92 Å². The molecule has 1 aliphatic rings. The summed E-state index contributed by atoms with van der Waals surface area (Å²) in [5.74, 6) is 0.801. The molecule has 0 unspecified atom stereocenters. The van der Waals surface area contributed by atoms with Crippen LogP contribution in [-0.2, 0) is 4.79 Å². The van der Waals surface area contributed by atoms with E-state index in [0.29, 0.717) is 13.1 Å². The highest BCUT2D eigenvalue weighted by molar-refractivity contribution is 5.95. The Morgan fingerprint density at radius 2 is 1.65 bits per heavy atom. The molecule has 1 aromatic carbocycles. The molecule has 0 atom stereocenters. The minimum Gasteiger partial charge on any atom is -0.337 e. The van der Waals surface area contributed by atoms with Crippen LogP contribution in [0.15, 0.2) is 54.9 Å². The fraction of sp³-hybridized carbons (Fsp3) is 0.278. The van der Waals surface area contributed by atoms with Crippen LogP contribution in [0.25, 0.3) is 5.57 Å². The van der Waals surface area contributed by atoms with Crippen LogP contribution >= 0.6 is 0 Å². The zero-order valence-corrected chi connectivity index (χ0v) is 13.2. The largest absolute Gasteiger partial charge is 0.337 e. The predicted molar refractivity (Wildman–Crippen MR) is 90.9 cm³/mol. The molecule has 1 aliphatic heterocycles. The summed E-state index contributed by atoms with van der Waals surface area (Å²) in [6.45, 7) is 4.87. The molecule has 0 spiro atoms. The van der Waals surface area contributed by atoms with Gasteiger partial charge in [-0.2, -0.15) is 0 Å². The molecule has 3 rings (SSSR count). The van der Waals surface area contributed by atoms with Crippen LogP contribution in [0.4, 0.5) is 5.95 Å². The van der Waals surface area contributed by atoms with Gasteiger partial charge in [-0.15, -0.1) is 0 Å². The average Bonchev–Trinajstić information content (AvgIpc) is 2.63. The fourth-order valence-corrected chi connectivity index (χ4v) is 2.64. The van der Waals surface area contributed by atoms with Gasteiger partial charge in [0, 0.05) is 44.6 Å². The molecule has 2 aromatic rings. The van der Waals surface area contributed by atoms with E-state index in [1.165, 1.54) is 0 Å². The molecule has 1 amide bonds. The molecule has 5 nitrogen and oxygen atoms in total. The zero-order chi connectivity index (χ0) is 16.1. The predicted octanol–water partition coefficient (Wildman–Crippen LogP) is 2.23. The Balaban J connectivity index is 1.60. The third kappa shape index (κ3) is 3.74. The third-order valence-corrected chi connectivity index (χ3v) is 4.00. The molecule has 0 saturated carbocycles. The molecule has 1 saturated heterocycles. The van der Waals surface area contributed by atoms with Gasteiger partial charge in [0.2, 0.25) is 11.9 Å². The first-order valence-electron chi connectivity index (χ1n) is 7.78. The van der Waals surface area contributed by atoms with E-state index in [1.807, 2.05) is 42.2 Å². The van der Waals surface area contributed by atoms with Crippen molar-refractivity contribution in [3.8, 4) is 0 Å². The Labute approximate surface area is 136 Å². The quantitative estimate of drug-likeness (QED) is 0.816. The van der Waals surface area contributed by atoms with Crippen LogP contribution in [0.5, 0.6) is 0 Å². The molecule has 0 radical (unpaired) electrons. The minimum absolute atomic E-state index is 0.0694. The number of piperazine rings is 1. The first-order valence-corrected chi connectivity index (χ1v) is 7.78. The van der Waals surface area contributed by atoms with Gasteiger partial charge in [0.1, 0.15) is 0 Å². The zero-order valence-electron chi connectivity index (χ0n) is 13.2. The summed E-state index contributed by atoms with van der Waals surface area (Å²) >= 11 is 0. The lowest BCUT2D eigenvalue weighted by atomic mass is 10.1. The maximum absolute atomic E-state index is 12.4. The topological polar surface area (TPSA) is 49.3 Å². The van der Waals surface area contributed by atoms with Crippen LogP contribution in [0.1, 0.15) is 12.5 Å². The Hall–Kier alpha value is -2.69. The number of anilines is 1. The van der Waals surface area contributed by atoms with Crippen molar-refractivity contribution >= 4 is 17.4 Å². The summed E-state index contributed by atoms with van der Waals surface area (Å²) in [6.07, 6.45) is 5.21. The van der Waals surface area contributed by atoms with E-state index >= 15 is 0 Å². The van der Waals surface area contributed by atoms with Crippen molar-refractivity contribution in [3.05, 3.63) is 60.4 Å². The number of hydrogen-bond donors (Lipinski definition) is 0. The van der Waals surface area contributed by atoms with Crippen molar-refractivity contribution in [2.75, 3.05) is 31.1 Å². The van der Waals surface area contributed by atoms with E-state index in [4.69, 9.17) is 0 Å². The van der Waals surface area contributed by atoms with Gasteiger partial charge in [-0.1, -0.05) is 30.3 Å². The van der Waals surface area contributed by atoms with E-state index in [0.717, 1.165) is 30.2 Å². The molecule has 118 valence electrons. The minimum atomic E-state index is 0.0694. The van der Waals surface area contributed by atoms with Gasteiger partial charge in [0.15, 0.2) is 0 Å². The van der Waals surface area contributed by atoms with Crippen LogP contribution in [0.3, 0.4) is 0 Å². The van der Waals surface area contributed by atoms with E-state index in [1.54, 1.807) is 24.5 Å². The van der Waals surface area contributed by atoms with Gasteiger partial charge in [-0.05, 0) is 24.1 Å².